The third-order valence-corrected chi connectivity index (χ3v) is 3.11. The summed E-state index contributed by atoms with van der Waals surface area (Å²) in [6.07, 6.45) is 1.98. The average Bonchev–Trinajstić information content (AvgIpc) is 2.06. The van der Waals surface area contributed by atoms with E-state index in [9.17, 15) is 0 Å². The van der Waals surface area contributed by atoms with Crippen LogP contribution >= 0.6 is 34.8 Å². The van der Waals surface area contributed by atoms with Gasteiger partial charge in [0.1, 0.15) is 11.9 Å². The van der Waals surface area contributed by atoms with Gasteiger partial charge in [0.2, 0.25) is 0 Å². The minimum Gasteiger partial charge on any atom is -0.489 e. The van der Waals surface area contributed by atoms with Gasteiger partial charge in [0.25, 0.3) is 0 Å². The van der Waals surface area contributed by atoms with E-state index in [4.69, 9.17) is 39.5 Å². The first-order chi connectivity index (χ1) is 6.65. The van der Waals surface area contributed by atoms with Gasteiger partial charge in [-0.2, -0.15) is 0 Å². The molecule has 0 spiro atoms. The maximum atomic E-state index is 5.95. The molecule has 1 nitrogen and oxygen atoms in total. The zero-order valence-electron chi connectivity index (χ0n) is 7.34. The van der Waals surface area contributed by atoms with Crippen molar-refractivity contribution in [2.45, 2.75) is 24.3 Å². The van der Waals surface area contributed by atoms with Crippen LogP contribution in [0.15, 0.2) is 18.2 Å². The third kappa shape index (κ3) is 2.28. The maximum Gasteiger partial charge on any atom is 0.138 e. The van der Waals surface area contributed by atoms with Crippen molar-refractivity contribution in [3.8, 4) is 5.75 Å². The van der Waals surface area contributed by atoms with Gasteiger partial charge in [-0.15, -0.1) is 11.6 Å². The predicted molar refractivity (Wildman–Crippen MR) is 59.8 cm³/mol. The number of rotatable bonds is 2. The molecular formula is C10H9Cl3O. The van der Waals surface area contributed by atoms with Crippen LogP contribution in [0.2, 0.25) is 10.0 Å². The molecule has 1 aromatic rings. The summed E-state index contributed by atoms with van der Waals surface area (Å²) < 4.78 is 5.63. The van der Waals surface area contributed by atoms with E-state index in [1.54, 1.807) is 18.2 Å². The molecule has 0 N–H and O–H groups in total. The van der Waals surface area contributed by atoms with E-state index in [1.165, 1.54) is 0 Å². The lowest BCUT2D eigenvalue weighted by Crippen LogP contribution is -2.34. The fourth-order valence-electron chi connectivity index (χ4n) is 1.35. The Hall–Kier alpha value is -0.110. The minimum absolute atomic E-state index is 0.205. The van der Waals surface area contributed by atoms with Crippen LogP contribution in [0.25, 0.3) is 0 Å². The van der Waals surface area contributed by atoms with Gasteiger partial charge in [-0.05, 0) is 18.2 Å². The fraction of sp³-hybridized carbons (Fsp3) is 0.400. The van der Waals surface area contributed by atoms with Crippen molar-refractivity contribution < 1.29 is 4.74 Å². The summed E-state index contributed by atoms with van der Waals surface area (Å²) in [6.45, 7) is 0. The first-order valence-electron chi connectivity index (χ1n) is 4.41. The summed E-state index contributed by atoms with van der Waals surface area (Å²) in [7, 11) is 0. The summed E-state index contributed by atoms with van der Waals surface area (Å²) in [5.41, 5.74) is 0. The third-order valence-electron chi connectivity index (χ3n) is 2.22. The molecule has 0 atom stereocenters. The highest BCUT2D eigenvalue weighted by Gasteiger charge is 2.29. The highest BCUT2D eigenvalue weighted by Crippen LogP contribution is 2.34. The predicted octanol–water partition coefficient (Wildman–Crippen LogP) is 4.14. The van der Waals surface area contributed by atoms with Crippen LogP contribution in [0.5, 0.6) is 5.75 Å². The summed E-state index contributed by atoms with van der Waals surface area (Å²) in [5.74, 6) is 0.685. The molecule has 76 valence electrons. The fourth-order valence-corrected chi connectivity index (χ4v) is 2.20. The van der Waals surface area contributed by atoms with Gasteiger partial charge >= 0.3 is 0 Å². The number of benzene rings is 1. The molecule has 0 amide bonds. The molecule has 2 rings (SSSR count). The van der Waals surface area contributed by atoms with Gasteiger partial charge in [-0.3, -0.25) is 0 Å². The Morgan fingerprint density at radius 2 is 1.93 bits per heavy atom. The Kier molecular flexibility index (Phi) is 3.10. The van der Waals surface area contributed by atoms with Crippen LogP contribution in [-0.2, 0) is 0 Å². The SMILES string of the molecule is Clc1ccc(OC2CC(Cl)C2)c(Cl)c1. The van der Waals surface area contributed by atoms with Crippen molar-refractivity contribution in [3.05, 3.63) is 28.2 Å². The normalized spacial score (nSPS) is 25.6. The van der Waals surface area contributed by atoms with Crippen molar-refractivity contribution in [1.82, 2.24) is 0 Å². The van der Waals surface area contributed by atoms with Crippen LogP contribution in [-0.4, -0.2) is 11.5 Å². The highest BCUT2D eigenvalue weighted by molar-refractivity contribution is 6.35. The molecule has 1 aliphatic rings. The number of hydrogen-bond acceptors (Lipinski definition) is 1. The van der Waals surface area contributed by atoms with Gasteiger partial charge in [0.05, 0.1) is 5.02 Å². The highest BCUT2D eigenvalue weighted by atomic mass is 35.5. The zero-order chi connectivity index (χ0) is 10.1. The molecule has 1 saturated carbocycles. The molecule has 0 saturated heterocycles. The lowest BCUT2D eigenvalue weighted by molar-refractivity contribution is 0.124. The quantitative estimate of drug-likeness (QED) is 0.718. The van der Waals surface area contributed by atoms with Crippen molar-refractivity contribution in [2.75, 3.05) is 0 Å². The molecule has 0 aromatic heterocycles. The van der Waals surface area contributed by atoms with E-state index < -0.39 is 0 Å². The van der Waals surface area contributed by atoms with Crippen LogP contribution in [0.1, 0.15) is 12.8 Å². The first kappa shape index (κ1) is 10.4. The van der Waals surface area contributed by atoms with Gasteiger partial charge in [-0.25, -0.2) is 0 Å². The zero-order valence-corrected chi connectivity index (χ0v) is 9.61. The van der Waals surface area contributed by atoms with Crippen molar-refractivity contribution in [2.24, 2.45) is 0 Å². The molecular weight excluding hydrogens is 242 g/mol. The number of ether oxygens (including phenoxy) is 1. The average molecular weight is 252 g/mol. The standard InChI is InChI=1S/C10H9Cl3O/c11-6-1-2-10(9(13)5-6)14-8-3-7(12)4-8/h1-2,5,7-8H,3-4H2. The summed E-state index contributed by atoms with van der Waals surface area (Å²) >= 11 is 17.6. The van der Waals surface area contributed by atoms with E-state index in [1.807, 2.05) is 0 Å². The Morgan fingerprint density at radius 1 is 1.21 bits per heavy atom. The maximum absolute atomic E-state index is 5.95. The Labute approximate surface area is 97.9 Å². The van der Waals surface area contributed by atoms with Gasteiger partial charge in [0, 0.05) is 23.2 Å². The molecule has 1 aliphatic carbocycles. The Balaban J connectivity index is 2.02. The van der Waals surface area contributed by atoms with E-state index in [0.29, 0.717) is 15.8 Å². The lowest BCUT2D eigenvalue weighted by Gasteiger charge is -2.31. The summed E-state index contributed by atoms with van der Waals surface area (Å²) in [4.78, 5) is 0. The minimum atomic E-state index is 0.205. The molecule has 0 radical (unpaired) electrons. The Bertz CT molecular complexity index is 334. The van der Waals surface area contributed by atoms with Crippen LogP contribution in [0, 0.1) is 0 Å². The second-order valence-electron chi connectivity index (χ2n) is 3.38. The molecule has 0 heterocycles. The monoisotopic (exact) mass is 250 g/mol. The summed E-state index contributed by atoms with van der Waals surface area (Å²) in [5, 5.41) is 1.42. The van der Waals surface area contributed by atoms with E-state index in [0.717, 1.165) is 12.8 Å². The Morgan fingerprint density at radius 3 is 2.50 bits per heavy atom. The largest absolute Gasteiger partial charge is 0.489 e. The molecule has 4 heteroatoms. The van der Waals surface area contributed by atoms with E-state index >= 15 is 0 Å². The van der Waals surface area contributed by atoms with Gasteiger partial charge in [0.15, 0.2) is 0 Å². The molecule has 0 aliphatic heterocycles. The van der Waals surface area contributed by atoms with Crippen LogP contribution < -0.4 is 4.74 Å². The smallest absolute Gasteiger partial charge is 0.138 e. The molecule has 0 bridgehead atoms. The van der Waals surface area contributed by atoms with Gasteiger partial charge in [-0.1, -0.05) is 23.2 Å². The summed E-state index contributed by atoms with van der Waals surface area (Å²) in [6, 6.07) is 5.22. The topological polar surface area (TPSA) is 9.23 Å². The molecule has 1 aromatic carbocycles. The lowest BCUT2D eigenvalue weighted by atomic mass is 9.95. The number of alkyl halides is 1. The first-order valence-corrected chi connectivity index (χ1v) is 5.60. The van der Waals surface area contributed by atoms with Crippen molar-refractivity contribution in [3.63, 3.8) is 0 Å². The van der Waals surface area contributed by atoms with E-state index in [-0.39, 0.29) is 11.5 Å². The molecule has 14 heavy (non-hydrogen) atoms. The van der Waals surface area contributed by atoms with Crippen molar-refractivity contribution in [1.29, 1.82) is 0 Å². The van der Waals surface area contributed by atoms with Gasteiger partial charge < -0.3 is 4.74 Å². The molecule has 0 unspecified atom stereocenters. The van der Waals surface area contributed by atoms with Crippen molar-refractivity contribution >= 4 is 34.8 Å². The number of halogens is 3. The molecule has 1 fully saturated rings. The second kappa shape index (κ2) is 4.18. The van der Waals surface area contributed by atoms with Crippen LogP contribution in [0.3, 0.4) is 0 Å². The van der Waals surface area contributed by atoms with E-state index in [2.05, 4.69) is 0 Å². The second-order valence-corrected chi connectivity index (χ2v) is 4.84. The number of hydrogen-bond donors (Lipinski definition) is 0. The van der Waals surface area contributed by atoms with Crippen LogP contribution in [0.4, 0.5) is 0 Å².